The molecular formula is C13H20N2O2. The zero-order valence-corrected chi connectivity index (χ0v) is 10.3. The van der Waals surface area contributed by atoms with Gasteiger partial charge in [-0.15, -0.1) is 0 Å². The third-order valence-electron chi connectivity index (χ3n) is 4.96. The van der Waals surface area contributed by atoms with Crippen LogP contribution in [0.4, 0.5) is 0 Å². The van der Waals surface area contributed by atoms with Crippen LogP contribution in [-0.4, -0.2) is 30.3 Å². The molecule has 94 valence electrons. The monoisotopic (exact) mass is 236 g/mol. The molecule has 4 heteroatoms. The molecule has 0 aromatic heterocycles. The number of nitrogens with one attached hydrogen (secondary N) is 2. The molecule has 3 rings (SSSR count). The van der Waals surface area contributed by atoms with E-state index in [1.165, 1.54) is 6.42 Å². The molecule has 1 amide bonds. The maximum absolute atomic E-state index is 12.2. The van der Waals surface area contributed by atoms with Crippen LogP contribution >= 0.6 is 0 Å². The summed E-state index contributed by atoms with van der Waals surface area (Å²) in [6, 6.07) is 0.282. The quantitative estimate of drug-likeness (QED) is 0.738. The summed E-state index contributed by atoms with van der Waals surface area (Å²) in [5.74, 6) is 0.888. The molecule has 1 spiro atoms. The minimum Gasteiger partial charge on any atom is -0.353 e. The normalized spacial score (nSPS) is 44.1. The van der Waals surface area contributed by atoms with Crippen molar-refractivity contribution in [2.75, 3.05) is 6.54 Å². The van der Waals surface area contributed by atoms with Crippen molar-refractivity contribution < 1.29 is 9.59 Å². The van der Waals surface area contributed by atoms with Gasteiger partial charge in [0.1, 0.15) is 5.78 Å². The van der Waals surface area contributed by atoms with E-state index in [9.17, 15) is 9.59 Å². The number of ketones is 1. The standard InChI is InChI=1S/C13H20N2O2/c1-2-11(16)10-6-13(7-14-10)8-4-3-5-9(8)15-12(13)17/h8-10,14H,2-7H2,1H3,(H,15,17). The van der Waals surface area contributed by atoms with E-state index in [0.29, 0.717) is 31.3 Å². The largest absolute Gasteiger partial charge is 0.353 e. The Balaban J connectivity index is 1.83. The number of amides is 1. The lowest BCUT2D eigenvalue weighted by Gasteiger charge is -2.26. The molecule has 0 bridgehead atoms. The summed E-state index contributed by atoms with van der Waals surface area (Å²) in [6.07, 6.45) is 4.74. The number of rotatable bonds is 2. The Morgan fingerprint density at radius 2 is 2.29 bits per heavy atom. The van der Waals surface area contributed by atoms with Crippen LogP contribution in [0.25, 0.3) is 0 Å². The summed E-state index contributed by atoms with van der Waals surface area (Å²) < 4.78 is 0. The van der Waals surface area contributed by atoms with E-state index in [1.807, 2.05) is 6.92 Å². The number of carbonyl (C=O) groups excluding carboxylic acids is 2. The number of hydrogen-bond donors (Lipinski definition) is 2. The molecular weight excluding hydrogens is 216 g/mol. The lowest BCUT2D eigenvalue weighted by molar-refractivity contribution is -0.128. The topological polar surface area (TPSA) is 58.2 Å². The van der Waals surface area contributed by atoms with Crippen LogP contribution in [0.3, 0.4) is 0 Å². The Morgan fingerprint density at radius 3 is 3.06 bits per heavy atom. The van der Waals surface area contributed by atoms with Gasteiger partial charge in [-0.25, -0.2) is 0 Å². The highest BCUT2D eigenvalue weighted by Gasteiger charge is 2.59. The third-order valence-corrected chi connectivity index (χ3v) is 4.96. The number of hydrogen-bond acceptors (Lipinski definition) is 3. The maximum Gasteiger partial charge on any atom is 0.228 e. The lowest BCUT2D eigenvalue weighted by atomic mass is 9.73. The molecule has 4 nitrogen and oxygen atoms in total. The number of Topliss-reactive ketones (excluding diaryl/α,β-unsaturated/α-hetero) is 1. The molecule has 17 heavy (non-hydrogen) atoms. The molecule has 1 aliphatic carbocycles. The molecule has 1 saturated carbocycles. The van der Waals surface area contributed by atoms with E-state index >= 15 is 0 Å². The average Bonchev–Trinajstić information content (AvgIpc) is 2.98. The Labute approximate surface area is 102 Å². The van der Waals surface area contributed by atoms with Gasteiger partial charge in [0.15, 0.2) is 0 Å². The van der Waals surface area contributed by atoms with Crippen molar-refractivity contribution in [1.29, 1.82) is 0 Å². The first kappa shape index (κ1) is 11.2. The summed E-state index contributed by atoms with van der Waals surface area (Å²) in [7, 11) is 0. The fourth-order valence-corrected chi connectivity index (χ4v) is 4.02. The maximum atomic E-state index is 12.2. The highest BCUT2D eigenvalue weighted by molar-refractivity contribution is 5.90. The van der Waals surface area contributed by atoms with E-state index in [1.54, 1.807) is 0 Å². The van der Waals surface area contributed by atoms with E-state index in [-0.39, 0.29) is 23.1 Å². The van der Waals surface area contributed by atoms with Crippen molar-refractivity contribution >= 4 is 11.7 Å². The zero-order chi connectivity index (χ0) is 12.0. The van der Waals surface area contributed by atoms with Gasteiger partial charge >= 0.3 is 0 Å². The van der Waals surface area contributed by atoms with Gasteiger partial charge < -0.3 is 10.6 Å². The fourth-order valence-electron chi connectivity index (χ4n) is 4.02. The van der Waals surface area contributed by atoms with Crippen molar-refractivity contribution in [1.82, 2.24) is 10.6 Å². The van der Waals surface area contributed by atoms with Crippen molar-refractivity contribution in [3.63, 3.8) is 0 Å². The molecule has 0 radical (unpaired) electrons. The molecule has 0 aromatic carbocycles. The Kier molecular flexibility index (Phi) is 2.51. The van der Waals surface area contributed by atoms with Gasteiger partial charge in [0, 0.05) is 19.0 Å². The Hall–Kier alpha value is -0.900. The SMILES string of the molecule is CCC(=O)C1CC2(CN1)C(=O)NC1CCCC12. The van der Waals surface area contributed by atoms with Crippen LogP contribution in [0.5, 0.6) is 0 Å². The minimum atomic E-state index is -0.281. The molecule has 4 atom stereocenters. The second-order valence-electron chi connectivity index (χ2n) is 5.73. The van der Waals surface area contributed by atoms with Gasteiger partial charge in [-0.1, -0.05) is 13.3 Å². The van der Waals surface area contributed by atoms with Gasteiger partial charge in [-0.3, -0.25) is 9.59 Å². The number of fused-ring (bicyclic) bond motifs is 2. The molecule has 2 heterocycles. The smallest absolute Gasteiger partial charge is 0.228 e. The van der Waals surface area contributed by atoms with Crippen LogP contribution in [-0.2, 0) is 9.59 Å². The average molecular weight is 236 g/mol. The van der Waals surface area contributed by atoms with Gasteiger partial charge in [-0.05, 0) is 25.2 Å². The summed E-state index contributed by atoms with van der Waals surface area (Å²) in [6.45, 7) is 2.58. The number of carbonyl (C=O) groups is 2. The Bertz CT molecular complexity index is 368. The molecule has 3 fully saturated rings. The van der Waals surface area contributed by atoms with E-state index in [4.69, 9.17) is 0 Å². The van der Waals surface area contributed by atoms with Gasteiger partial charge in [0.05, 0.1) is 11.5 Å². The highest BCUT2D eigenvalue weighted by Crippen LogP contribution is 2.49. The van der Waals surface area contributed by atoms with Crippen LogP contribution in [0.2, 0.25) is 0 Å². The van der Waals surface area contributed by atoms with E-state index < -0.39 is 0 Å². The summed E-state index contributed by atoms with van der Waals surface area (Å²) in [5.41, 5.74) is -0.281. The second kappa shape index (κ2) is 3.80. The van der Waals surface area contributed by atoms with Crippen molar-refractivity contribution in [3.8, 4) is 0 Å². The van der Waals surface area contributed by atoms with Crippen molar-refractivity contribution in [3.05, 3.63) is 0 Å². The van der Waals surface area contributed by atoms with Crippen LogP contribution in [0.1, 0.15) is 39.0 Å². The Morgan fingerprint density at radius 1 is 1.47 bits per heavy atom. The molecule has 4 unspecified atom stereocenters. The lowest BCUT2D eigenvalue weighted by Crippen LogP contribution is -2.37. The molecule has 2 saturated heterocycles. The van der Waals surface area contributed by atoms with Crippen LogP contribution in [0.15, 0.2) is 0 Å². The summed E-state index contributed by atoms with van der Waals surface area (Å²) in [4.78, 5) is 24.0. The zero-order valence-electron chi connectivity index (χ0n) is 10.3. The van der Waals surface area contributed by atoms with Gasteiger partial charge in [0.25, 0.3) is 0 Å². The first-order chi connectivity index (χ1) is 8.17. The first-order valence-electron chi connectivity index (χ1n) is 6.74. The summed E-state index contributed by atoms with van der Waals surface area (Å²) >= 11 is 0. The third kappa shape index (κ3) is 1.46. The molecule has 2 aliphatic heterocycles. The molecule has 3 aliphatic rings. The fraction of sp³-hybridized carbons (Fsp3) is 0.846. The van der Waals surface area contributed by atoms with E-state index in [2.05, 4.69) is 10.6 Å². The highest BCUT2D eigenvalue weighted by atomic mass is 16.2. The van der Waals surface area contributed by atoms with Crippen molar-refractivity contribution in [2.24, 2.45) is 11.3 Å². The predicted molar refractivity (Wildman–Crippen MR) is 63.4 cm³/mol. The van der Waals surface area contributed by atoms with Gasteiger partial charge in [0.2, 0.25) is 5.91 Å². The molecule has 2 N–H and O–H groups in total. The second-order valence-corrected chi connectivity index (χ2v) is 5.73. The first-order valence-corrected chi connectivity index (χ1v) is 6.74. The van der Waals surface area contributed by atoms with E-state index in [0.717, 1.165) is 12.8 Å². The van der Waals surface area contributed by atoms with Crippen LogP contribution < -0.4 is 10.6 Å². The van der Waals surface area contributed by atoms with Crippen LogP contribution in [0, 0.1) is 11.3 Å². The predicted octanol–water partition coefficient (Wildman–Crippen LogP) is 0.612. The minimum absolute atomic E-state index is 0.0925. The van der Waals surface area contributed by atoms with Gasteiger partial charge in [-0.2, -0.15) is 0 Å². The van der Waals surface area contributed by atoms with Crippen molar-refractivity contribution in [2.45, 2.75) is 51.1 Å². The molecule has 0 aromatic rings. The summed E-state index contributed by atoms with van der Waals surface area (Å²) in [5, 5.41) is 6.41.